The quantitative estimate of drug-likeness (QED) is 0.659. The Morgan fingerprint density at radius 2 is 2.05 bits per heavy atom. The third kappa shape index (κ3) is 2.62. The summed E-state index contributed by atoms with van der Waals surface area (Å²) >= 11 is 0. The van der Waals surface area contributed by atoms with Crippen LogP contribution in [-0.2, 0) is 12.8 Å². The molecule has 0 fully saturated rings. The lowest BCUT2D eigenvalue weighted by atomic mass is 9.89. The Kier molecular flexibility index (Phi) is 3.86. The van der Waals surface area contributed by atoms with Crippen molar-refractivity contribution in [1.29, 1.82) is 0 Å². The van der Waals surface area contributed by atoms with Crippen LogP contribution in [0.15, 0.2) is 48.5 Å². The monoisotopic (exact) mass is 266 g/mol. The van der Waals surface area contributed by atoms with Crippen molar-refractivity contribution < 1.29 is 0 Å². The molecule has 3 N–H and O–H groups in total. The molecule has 2 aromatic carbocycles. The summed E-state index contributed by atoms with van der Waals surface area (Å²) in [7, 11) is 0. The zero-order valence-corrected chi connectivity index (χ0v) is 12.0. The Balaban J connectivity index is 1.81. The fourth-order valence-corrected chi connectivity index (χ4v) is 3.42. The highest BCUT2D eigenvalue weighted by Gasteiger charge is 2.28. The molecule has 2 nitrogen and oxygen atoms in total. The van der Waals surface area contributed by atoms with Gasteiger partial charge in [0.25, 0.3) is 0 Å². The summed E-state index contributed by atoms with van der Waals surface area (Å²) in [6, 6.07) is 17.8. The van der Waals surface area contributed by atoms with Crippen LogP contribution in [0.25, 0.3) is 0 Å². The standard InChI is InChI=1S/C18H22N2/c1-13-5-4-6-14(11-13)12-18(20-19)17-10-9-15-7-2-3-8-16(15)17/h2-8,11,17-18,20H,9-10,12,19H2,1H3. The van der Waals surface area contributed by atoms with E-state index in [0.717, 1.165) is 6.42 Å². The van der Waals surface area contributed by atoms with Crippen molar-refractivity contribution in [3.8, 4) is 0 Å². The van der Waals surface area contributed by atoms with Crippen LogP contribution in [0.5, 0.6) is 0 Å². The zero-order valence-electron chi connectivity index (χ0n) is 12.0. The number of nitrogens with two attached hydrogens (primary N) is 1. The molecule has 0 aliphatic heterocycles. The van der Waals surface area contributed by atoms with E-state index in [9.17, 15) is 0 Å². The van der Waals surface area contributed by atoms with Gasteiger partial charge in [-0.25, -0.2) is 0 Å². The maximum absolute atomic E-state index is 5.85. The maximum Gasteiger partial charge on any atom is 0.0319 e. The molecule has 2 atom stereocenters. The molecule has 0 heterocycles. The Morgan fingerprint density at radius 3 is 2.85 bits per heavy atom. The molecule has 2 aromatic rings. The minimum Gasteiger partial charge on any atom is -0.271 e. The first-order valence-electron chi connectivity index (χ1n) is 7.37. The molecule has 1 aliphatic carbocycles. The largest absolute Gasteiger partial charge is 0.271 e. The molecular formula is C18H22N2. The van der Waals surface area contributed by atoms with Gasteiger partial charge in [-0.1, -0.05) is 54.1 Å². The zero-order chi connectivity index (χ0) is 13.9. The number of nitrogens with one attached hydrogen (secondary N) is 1. The molecule has 0 saturated heterocycles. The van der Waals surface area contributed by atoms with Gasteiger partial charge in [-0.15, -0.1) is 0 Å². The fourth-order valence-electron chi connectivity index (χ4n) is 3.42. The third-order valence-corrected chi connectivity index (χ3v) is 4.42. The Bertz CT molecular complexity index is 591. The van der Waals surface area contributed by atoms with Crippen molar-refractivity contribution in [2.24, 2.45) is 5.84 Å². The van der Waals surface area contributed by atoms with Gasteiger partial charge in [-0.3, -0.25) is 11.3 Å². The number of benzene rings is 2. The predicted molar refractivity (Wildman–Crippen MR) is 83.5 cm³/mol. The molecule has 0 bridgehead atoms. The summed E-state index contributed by atoms with van der Waals surface area (Å²) in [5.41, 5.74) is 8.68. The Labute approximate surface area is 121 Å². The summed E-state index contributed by atoms with van der Waals surface area (Å²) in [5, 5.41) is 0. The van der Waals surface area contributed by atoms with Crippen LogP contribution in [-0.4, -0.2) is 6.04 Å². The number of rotatable bonds is 4. The molecule has 20 heavy (non-hydrogen) atoms. The van der Waals surface area contributed by atoms with Crippen molar-refractivity contribution in [3.05, 3.63) is 70.8 Å². The summed E-state index contributed by atoms with van der Waals surface area (Å²) in [6.45, 7) is 2.14. The molecule has 0 amide bonds. The van der Waals surface area contributed by atoms with E-state index in [1.54, 1.807) is 0 Å². The highest BCUT2D eigenvalue weighted by atomic mass is 15.2. The normalized spacial score (nSPS) is 18.8. The second-order valence-electron chi connectivity index (χ2n) is 5.81. The van der Waals surface area contributed by atoms with Gasteiger partial charge in [-0.2, -0.15) is 0 Å². The van der Waals surface area contributed by atoms with E-state index >= 15 is 0 Å². The topological polar surface area (TPSA) is 38.0 Å². The second-order valence-corrected chi connectivity index (χ2v) is 5.81. The van der Waals surface area contributed by atoms with Crippen LogP contribution in [0, 0.1) is 6.92 Å². The van der Waals surface area contributed by atoms with Crippen molar-refractivity contribution in [1.82, 2.24) is 5.43 Å². The van der Waals surface area contributed by atoms with E-state index in [1.165, 1.54) is 35.1 Å². The van der Waals surface area contributed by atoms with Crippen LogP contribution >= 0.6 is 0 Å². The van der Waals surface area contributed by atoms with Gasteiger partial charge in [0.05, 0.1) is 0 Å². The summed E-state index contributed by atoms with van der Waals surface area (Å²) in [4.78, 5) is 0. The molecule has 0 spiro atoms. The molecule has 2 unspecified atom stereocenters. The van der Waals surface area contributed by atoms with E-state index in [2.05, 4.69) is 60.9 Å². The molecule has 104 valence electrons. The van der Waals surface area contributed by atoms with Crippen LogP contribution in [0.1, 0.15) is 34.6 Å². The first kappa shape index (κ1) is 13.3. The van der Waals surface area contributed by atoms with Crippen LogP contribution in [0.4, 0.5) is 0 Å². The highest BCUT2D eigenvalue weighted by Crippen LogP contribution is 2.36. The van der Waals surface area contributed by atoms with Gasteiger partial charge >= 0.3 is 0 Å². The Hall–Kier alpha value is -1.64. The van der Waals surface area contributed by atoms with Crippen LogP contribution < -0.4 is 11.3 Å². The van der Waals surface area contributed by atoms with E-state index in [1.807, 2.05) is 0 Å². The lowest BCUT2D eigenvalue weighted by molar-refractivity contribution is 0.434. The van der Waals surface area contributed by atoms with Crippen molar-refractivity contribution >= 4 is 0 Å². The van der Waals surface area contributed by atoms with Gasteiger partial charge in [0.1, 0.15) is 0 Å². The maximum atomic E-state index is 5.85. The number of fused-ring (bicyclic) bond motifs is 1. The van der Waals surface area contributed by atoms with Gasteiger partial charge in [0.2, 0.25) is 0 Å². The van der Waals surface area contributed by atoms with Crippen LogP contribution in [0.3, 0.4) is 0 Å². The molecule has 3 rings (SSSR count). The molecule has 0 radical (unpaired) electrons. The van der Waals surface area contributed by atoms with E-state index in [0.29, 0.717) is 12.0 Å². The van der Waals surface area contributed by atoms with Crippen molar-refractivity contribution in [3.63, 3.8) is 0 Å². The van der Waals surface area contributed by atoms with Crippen molar-refractivity contribution in [2.45, 2.75) is 38.1 Å². The molecular weight excluding hydrogens is 244 g/mol. The highest BCUT2D eigenvalue weighted by molar-refractivity contribution is 5.36. The van der Waals surface area contributed by atoms with Gasteiger partial charge < -0.3 is 0 Å². The number of hydrogen-bond acceptors (Lipinski definition) is 2. The average molecular weight is 266 g/mol. The molecule has 0 saturated carbocycles. The number of hydrazine groups is 1. The average Bonchev–Trinajstić information content (AvgIpc) is 2.89. The van der Waals surface area contributed by atoms with E-state index in [4.69, 9.17) is 5.84 Å². The van der Waals surface area contributed by atoms with Gasteiger partial charge in [-0.05, 0) is 42.9 Å². The lowest BCUT2D eigenvalue weighted by Gasteiger charge is -2.24. The summed E-state index contributed by atoms with van der Waals surface area (Å²) in [6.07, 6.45) is 3.35. The number of hydrogen-bond donors (Lipinski definition) is 2. The van der Waals surface area contributed by atoms with E-state index in [-0.39, 0.29) is 0 Å². The van der Waals surface area contributed by atoms with Gasteiger partial charge in [0, 0.05) is 12.0 Å². The minimum absolute atomic E-state index is 0.306. The van der Waals surface area contributed by atoms with E-state index < -0.39 is 0 Å². The first-order chi connectivity index (χ1) is 9.78. The number of aryl methyl sites for hydroxylation is 2. The first-order valence-corrected chi connectivity index (χ1v) is 7.37. The second kappa shape index (κ2) is 5.78. The Morgan fingerprint density at radius 1 is 1.20 bits per heavy atom. The predicted octanol–water partition coefficient (Wildman–Crippen LogP) is 3.10. The minimum atomic E-state index is 0.306. The third-order valence-electron chi connectivity index (χ3n) is 4.42. The van der Waals surface area contributed by atoms with Crippen LogP contribution in [0.2, 0.25) is 0 Å². The summed E-state index contributed by atoms with van der Waals surface area (Å²) < 4.78 is 0. The van der Waals surface area contributed by atoms with Crippen molar-refractivity contribution in [2.75, 3.05) is 0 Å². The van der Waals surface area contributed by atoms with Gasteiger partial charge in [0.15, 0.2) is 0 Å². The smallest absolute Gasteiger partial charge is 0.0319 e. The lowest BCUT2D eigenvalue weighted by Crippen LogP contribution is -2.40. The molecule has 2 heteroatoms. The summed E-state index contributed by atoms with van der Waals surface area (Å²) in [5.74, 6) is 6.37. The SMILES string of the molecule is Cc1cccc(CC(NN)C2CCc3ccccc32)c1. The molecule has 0 aromatic heterocycles. The fraction of sp³-hybridized carbons (Fsp3) is 0.333. The molecule has 1 aliphatic rings.